The molecule has 0 heterocycles. The van der Waals surface area contributed by atoms with Gasteiger partial charge in [0.2, 0.25) is 5.91 Å². The fourth-order valence-corrected chi connectivity index (χ4v) is 3.59. The number of hydrogen-bond acceptors (Lipinski definition) is 4. The molecule has 0 aliphatic rings. The smallest absolute Gasteiger partial charge is 0.326 e. The fraction of sp³-hybridized carbons (Fsp3) is 0.440. The van der Waals surface area contributed by atoms with E-state index in [9.17, 15) is 14.7 Å². The second-order valence-corrected chi connectivity index (χ2v) is 8.01. The number of carbonyl (C=O) groups is 2. The number of rotatable bonds is 13. The highest BCUT2D eigenvalue weighted by molar-refractivity contribution is 5.84. The molecule has 0 saturated heterocycles. The Bertz CT molecular complexity index is 797. The Morgan fingerprint density at radius 2 is 1.77 bits per heavy atom. The van der Waals surface area contributed by atoms with Gasteiger partial charge in [0.05, 0.1) is 0 Å². The van der Waals surface area contributed by atoms with Gasteiger partial charge in [0.25, 0.3) is 0 Å². The summed E-state index contributed by atoms with van der Waals surface area (Å²) in [4.78, 5) is 26.2. The zero-order valence-electron chi connectivity index (χ0n) is 19.2. The Balaban J connectivity index is 3.27. The van der Waals surface area contributed by atoms with Crippen molar-refractivity contribution in [3.63, 3.8) is 0 Å². The predicted octanol–water partition coefficient (Wildman–Crippen LogP) is 4.29. The minimum atomic E-state index is -0.979. The lowest BCUT2D eigenvalue weighted by Crippen LogP contribution is -2.47. The molecule has 6 nitrogen and oxygen atoms in total. The van der Waals surface area contributed by atoms with Crippen LogP contribution >= 0.6 is 0 Å². The Kier molecular flexibility index (Phi) is 10.9. The van der Waals surface area contributed by atoms with Gasteiger partial charge in [-0.25, -0.2) is 4.79 Å². The zero-order chi connectivity index (χ0) is 23.6. The van der Waals surface area contributed by atoms with E-state index in [4.69, 9.17) is 5.84 Å². The summed E-state index contributed by atoms with van der Waals surface area (Å²) in [5, 5.41) is 9.74. The maximum Gasteiger partial charge on any atom is 0.326 e. The van der Waals surface area contributed by atoms with Crippen molar-refractivity contribution in [1.82, 2.24) is 10.3 Å². The lowest BCUT2D eigenvalue weighted by Gasteiger charge is -2.32. The SMILES string of the molecule is C=C/C(=C(\C=C)C(C)NN)c1ccc(CN(C(=O)CCCC)[C@H](C(=O)O)C(C)C)cc1. The van der Waals surface area contributed by atoms with Crippen LogP contribution in [0.3, 0.4) is 0 Å². The van der Waals surface area contributed by atoms with Gasteiger partial charge < -0.3 is 10.0 Å². The van der Waals surface area contributed by atoms with Gasteiger partial charge in [-0.05, 0) is 41.5 Å². The van der Waals surface area contributed by atoms with Gasteiger partial charge in [-0.3, -0.25) is 16.1 Å². The molecule has 31 heavy (non-hydrogen) atoms. The lowest BCUT2D eigenvalue weighted by atomic mass is 9.94. The molecule has 1 aromatic rings. The van der Waals surface area contributed by atoms with Gasteiger partial charge in [0, 0.05) is 19.0 Å². The van der Waals surface area contributed by atoms with Crippen molar-refractivity contribution in [2.75, 3.05) is 0 Å². The number of nitrogens with two attached hydrogens (primary N) is 1. The highest BCUT2D eigenvalue weighted by Gasteiger charge is 2.32. The standard InChI is InChI=1S/C25H37N3O3/c1-7-10-11-23(29)28(24(17(4)5)25(30)31)16-19-12-14-20(15-13-19)22(9-3)21(8-2)18(6)27-26/h8-9,12-15,17-18,24,27H,2-3,7,10-11,16,26H2,1,4-6H3,(H,30,31)/b22-21-/t18?,24-/m0/s1. The summed E-state index contributed by atoms with van der Waals surface area (Å²) in [6.45, 7) is 15.6. The second kappa shape index (κ2) is 12.9. The molecule has 1 rings (SSSR count). The van der Waals surface area contributed by atoms with Crippen LogP contribution in [0.2, 0.25) is 0 Å². The Morgan fingerprint density at radius 3 is 2.19 bits per heavy atom. The van der Waals surface area contributed by atoms with Crippen LogP contribution in [-0.4, -0.2) is 34.0 Å². The summed E-state index contributed by atoms with van der Waals surface area (Å²) in [7, 11) is 0. The topological polar surface area (TPSA) is 95.7 Å². The van der Waals surface area contributed by atoms with Gasteiger partial charge in [-0.15, -0.1) is 0 Å². The average molecular weight is 428 g/mol. The van der Waals surface area contributed by atoms with Crippen molar-refractivity contribution in [3.8, 4) is 0 Å². The number of aliphatic carboxylic acids is 1. The lowest BCUT2D eigenvalue weighted by molar-refractivity contribution is -0.153. The average Bonchev–Trinajstić information content (AvgIpc) is 2.74. The molecule has 1 amide bonds. The van der Waals surface area contributed by atoms with E-state index in [2.05, 4.69) is 18.6 Å². The van der Waals surface area contributed by atoms with Gasteiger partial charge in [-0.1, -0.05) is 76.8 Å². The first-order valence-electron chi connectivity index (χ1n) is 10.8. The highest BCUT2D eigenvalue weighted by Crippen LogP contribution is 2.24. The molecule has 0 radical (unpaired) electrons. The summed E-state index contributed by atoms with van der Waals surface area (Å²) >= 11 is 0. The molecule has 0 bridgehead atoms. The first kappa shape index (κ1) is 26.3. The fourth-order valence-electron chi connectivity index (χ4n) is 3.59. The molecule has 2 atom stereocenters. The van der Waals surface area contributed by atoms with Crippen LogP contribution in [0.1, 0.15) is 58.1 Å². The minimum absolute atomic E-state index is 0.0979. The maximum atomic E-state index is 12.8. The number of allylic oxidation sites excluding steroid dienone is 2. The zero-order valence-corrected chi connectivity index (χ0v) is 19.2. The molecule has 0 aromatic heterocycles. The van der Waals surface area contributed by atoms with Crippen LogP contribution in [0.25, 0.3) is 5.57 Å². The number of benzene rings is 1. The highest BCUT2D eigenvalue weighted by atomic mass is 16.4. The van der Waals surface area contributed by atoms with Crippen LogP contribution in [-0.2, 0) is 16.1 Å². The van der Waals surface area contributed by atoms with Crippen LogP contribution in [0, 0.1) is 5.92 Å². The quantitative estimate of drug-likeness (QED) is 0.248. The number of nitrogens with one attached hydrogen (secondary N) is 1. The van der Waals surface area contributed by atoms with Gasteiger partial charge in [-0.2, -0.15) is 0 Å². The largest absolute Gasteiger partial charge is 0.480 e. The minimum Gasteiger partial charge on any atom is -0.480 e. The van der Waals surface area contributed by atoms with Gasteiger partial charge in [0.1, 0.15) is 6.04 Å². The predicted molar refractivity (Wildman–Crippen MR) is 127 cm³/mol. The normalized spacial score (nSPS) is 13.9. The second-order valence-electron chi connectivity index (χ2n) is 8.01. The van der Waals surface area contributed by atoms with Crippen LogP contribution in [0.5, 0.6) is 0 Å². The van der Waals surface area contributed by atoms with E-state index in [1.165, 1.54) is 4.90 Å². The third kappa shape index (κ3) is 7.19. The number of amides is 1. The van der Waals surface area contributed by atoms with E-state index in [-0.39, 0.29) is 24.4 Å². The molecule has 0 fully saturated rings. The van der Waals surface area contributed by atoms with E-state index in [1.54, 1.807) is 12.2 Å². The van der Waals surface area contributed by atoms with E-state index in [1.807, 2.05) is 52.0 Å². The number of carboxylic acids is 1. The summed E-state index contributed by atoms with van der Waals surface area (Å²) in [6.07, 6.45) is 5.49. The number of carbonyl (C=O) groups excluding carboxylic acids is 1. The van der Waals surface area contributed by atoms with Crippen molar-refractivity contribution in [2.24, 2.45) is 11.8 Å². The van der Waals surface area contributed by atoms with E-state index in [0.717, 1.165) is 35.1 Å². The molecule has 0 aliphatic carbocycles. The summed E-state index contributed by atoms with van der Waals surface area (Å²) in [5.74, 6) is 4.28. The molecular formula is C25H37N3O3. The molecule has 1 aromatic carbocycles. The summed E-state index contributed by atoms with van der Waals surface area (Å²) in [6, 6.07) is 6.76. The van der Waals surface area contributed by atoms with Crippen LogP contribution < -0.4 is 11.3 Å². The molecule has 0 spiro atoms. The van der Waals surface area contributed by atoms with Crippen molar-refractivity contribution in [3.05, 3.63) is 66.3 Å². The number of hydrogen-bond donors (Lipinski definition) is 3. The first-order valence-corrected chi connectivity index (χ1v) is 10.8. The molecule has 4 N–H and O–H groups in total. The third-order valence-electron chi connectivity index (χ3n) is 5.35. The van der Waals surface area contributed by atoms with Gasteiger partial charge in [0.15, 0.2) is 0 Å². The Morgan fingerprint density at radius 1 is 1.16 bits per heavy atom. The third-order valence-corrected chi connectivity index (χ3v) is 5.35. The van der Waals surface area contributed by atoms with Crippen LogP contribution in [0.4, 0.5) is 0 Å². The summed E-state index contributed by atoms with van der Waals surface area (Å²) < 4.78 is 0. The van der Waals surface area contributed by atoms with Crippen molar-refractivity contribution >= 4 is 17.4 Å². The molecular weight excluding hydrogens is 390 g/mol. The van der Waals surface area contributed by atoms with Crippen molar-refractivity contribution in [1.29, 1.82) is 0 Å². The summed E-state index contributed by atoms with van der Waals surface area (Å²) in [5.41, 5.74) is 6.37. The number of carboxylic acid groups (broad SMARTS) is 1. The molecule has 1 unspecified atom stereocenters. The van der Waals surface area contributed by atoms with Crippen LogP contribution in [0.15, 0.2) is 55.1 Å². The number of nitrogens with zero attached hydrogens (tertiary/aromatic N) is 1. The van der Waals surface area contributed by atoms with Crippen molar-refractivity contribution in [2.45, 2.75) is 65.6 Å². The number of unbranched alkanes of at least 4 members (excludes halogenated alkanes) is 1. The Hall–Kier alpha value is -2.70. The van der Waals surface area contributed by atoms with Gasteiger partial charge >= 0.3 is 5.97 Å². The molecule has 170 valence electrons. The van der Waals surface area contributed by atoms with Crippen molar-refractivity contribution < 1.29 is 14.7 Å². The van der Waals surface area contributed by atoms with E-state index < -0.39 is 12.0 Å². The molecule has 0 saturated carbocycles. The van der Waals surface area contributed by atoms with E-state index >= 15 is 0 Å². The molecule has 6 heteroatoms. The Labute approximate surface area is 186 Å². The first-order chi connectivity index (χ1) is 14.7. The van der Waals surface area contributed by atoms with E-state index in [0.29, 0.717) is 6.42 Å². The molecule has 0 aliphatic heterocycles. The maximum absolute atomic E-state index is 12.8. The number of hydrazine groups is 1. The monoisotopic (exact) mass is 427 g/mol.